The third kappa shape index (κ3) is 2.23. The summed E-state index contributed by atoms with van der Waals surface area (Å²) in [6.45, 7) is 0. The van der Waals surface area contributed by atoms with E-state index in [4.69, 9.17) is 4.42 Å². The standard InChI is InChI=1S/C14H16N2O2/c17-14(16-11-4-2-1-3-5-11)10-6-7-12-13(8-10)18-9-15-12/h6-9,11H,1-5H2,(H,16,17). The number of rotatable bonds is 2. The first-order valence-corrected chi connectivity index (χ1v) is 6.47. The van der Waals surface area contributed by atoms with Crippen LogP contribution in [0, 0.1) is 0 Å². The number of nitrogens with one attached hydrogen (secondary N) is 1. The predicted molar refractivity (Wildman–Crippen MR) is 68.3 cm³/mol. The number of aromatic nitrogens is 1. The van der Waals surface area contributed by atoms with Crippen LogP contribution in [0.4, 0.5) is 0 Å². The molecule has 1 aliphatic rings. The smallest absolute Gasteiger partial charge is 0.251 e. The van der Waals surface area contributed by atoms with Gasteiger partial charge in [-0.3, -0.25) is 4.79 Å². The van der Waals surface area contributed by atoms with Crippen LogP contribution in [0.1, 0.15) is 42.5 Å². The van der Waals surface area contributed by atoms with E-state index in [-0.39, 0.29) is 5.91 Å². The van der Waals surface area contributed by atoms with Crippen molar-refractivity contribution in [2.24, 2.45) is 0 Å². The second kappa shape index (κ2) is 4.80. The van der Waals surface area contributed by atoms with E-state index in [1.165, 1.54) is 25.7 Å². The van der Waals surface area contributed by atoms with Crippen molar-refractivity contribution in [2.75, 3.05) is 0 Å². The van der Waals surface area contributed by atoms with Crippen molar-refractivity contribution >= 4 is 17.0 Å². The van der Waals surface area contributed by atoms with Crippen molar-refractivity contribution in [3.63, 3.8) is 0 Å². The molecular weight excluding hydrogens is 228 g/mol. The summed E-state index contributed by atoms with van der Waals surface area (Å²) in [5.74, 6) is -0.0137. The Bertz CT molecular complexity index is 556. The predicted octanol–water partition coefficient (Wildman–Crippen LogP) is 2.89. The summed E-state index contributed by atoms with van der Waals surface area (Å²) in [7, 11) is 0. The molecule has 94 valence electrons. The monoisotopic (exact) mass is 244 g/mol. The number of benzene rings is 1. The molecule has 0 aliphatic heterocycles. The van der Waals surface area contributed by atoms with E-state index >= 15 is 0 Å². The van der Waals surface area contributed by atoms with Crippen LogP contribution >= 0.6 is 0 Å². The molecule has 0 unspecified atom stereocenters. The van der Waals surface area contributed by atoms with Crippen LogP contribution in [-0.2, 0) is 0 Å². The summed E-state index contributed by atoms with van der Waals surface area (Å²) >= 11 is 0. The molecule has 4 nitrogen and oxygen atoms in total. The third-order valence-corrected chi connectivity index (χ3v) is 3.53. The maximum Gasteiger partial charge on any atom is 0.251 e. The molecule has 4 heteroatoms. The Labute approximate surface area is 105 Å². The van der Waals surface area contributed by atoms with E-state index in [0.717, 1.165) is 18.4 Å². The van der Waals surface area contributed by atoms with Gasteiger partial charge in [0.25, 0.3) is 5.91 Å². The van der Waals surface area contributed by atoms with E-state index < -0.39 is 0 Å². The van der Waals surface area contributed by atoms with Crippen LogP contribution in [0.25, 0.3) is 11.1 Å². The minimum absolute atomic E-state index is 0.0137. The summed E-state index contributed by atoms with van der Waals surface area (Å²) in [4.78, 5) is 16.1. The minimum Gasteiger partial charge on any atom is -0.443 e. The van der Waals surface area contributed by atoms with Crippen molar-refractivity contribution < 1.29 is 9.21 Å². The first-order valence-electron chi connectivity index (χ1n) is 6.47. The lowest BCUT2D eigenvalue weighted by molar-refractivity contribution is 0.0927. The van der Waals surface area contributed by atoms with Crippen LogP contribution < -0.4 is 5.32 Å². The number of hydrogen-bond donors (Lipinski definition) is 1. The third-order valence-electron chi connectivity index (χ3n) is 3.53. The molecule has 0 radical (unpaired) electrons. The summed E-state index contributed by atoms with van der Waals surface area (Å²) in [6.07, 6.45) is 7.30. The van der Waals surface area contributed by atoms with Gasteiger partial charge in [0.2, 0.25) is 0 Å². The Hall–Kier alpha value is -1.84. The van der Waals surface area contributed by atoms with E-state index in [2.05, 4.69) is 10.3 Å². The van der Waals surface area contributed by atoms with Crippen molar-refractivity contribution in [2.45, 2.75) is 38.1 Å². The van der Waals surface area contributed by atoms with Crippen LogP contribution in [0.2, 0.25) is 0 Å². The van der Waals surface area contributed by atoms with Gasteiger partial charge in [0.1, 0.15) is 5.52 Å². The molecule has 3 rings (SSSR count). The molecule has 0 atom stereocenters. The van der Waals surface area contributed by atoms with Gasteiger partial charge in [0.15, 0.2) is 12.0 Å². The Kier molecular flexibility index (Phi) is 3.00. The molecule has 1 aromatic carbocycles. The van der Waals surface area contributed by atoms with E-state index in [0.29, 0.717) is 17.2 Å². The van der Waals surface area contributed by atoms with Gasteiger partial charge in [-0.2, -0.15) is 0 Å². The molecule has 1 fully saturated rings. The molecule has 0 saturated heterocycles. The van der Waals surface area contributed by atoms with Gasteiger partial charge in [-0.1, -0.05) is 19.3 Å². The fraction of sp³-hybridized carbons (Fsp3) is 0.429. The zero-order valence-electron chi connectivity index (χ0n) is 10.2. The number of carbonyl (C=O) groups excluding carboxylic acids is 1. The Morgan fingerprint density at radius 1 is 1.28 bits per heavy atom. The Morgan fingerprint density at radius 2 is 2.11 bits per heavy atom. The molecular formula is C14H16N2O2. The number of amides is 1. The van der Waals surface area contributed by atoms with Gasteiger partial charge in [0.05, 0.1) is 0 Å². The number of hydrogen-bond acceptors (Lipinski definition) is 3. The second-order valence-corrected chi connectivity index (χ2v) is 4.84. The first-order chi connectivity index (χ1) is 8.83. The van der Waals surface area contributed by atoms with Crippen molar-refractivity contribution in [1.29, 1.82) is 0 Å². The summed E-state index contributed by atoms with van der Waals surface area (Å²) in [5, 5.41) is 3.09. The zero-order chi connectivity index (χ0) is 12.4. The quantitative estimate of drug-likeness (QED) is 0.883. The molecule has 18 heavy (non-hydrogen) atoms. The maximum atomic E-state index is 12.1. The van der Waals surface area contributed by atoms with E-state index in [1.54, 1.807) is 12.1 Å². The normalized spacial score (nSPS) is 16.9. The summed E-state index contributed by atoms with van der Waals surface area (Å²) in [6, 6.07) is 5.69. The highest BCUT2D eigenvalue weighted by Gasteiger charge is 2.17. The molecule has 2 aromatic rings. The second-order valence-electron chi connectivity index (χ2n) is 4.84. The van der Waals surface area contributed by atoms with Crippen molar-refractivity contribution in [3.8, 4) is 0 Å². The average Bonchev–Trinajstić information content (AvgIpc) is 2.87. The maximum absolute atomic E-state index is 12.1. The van der Waals surface area contributed by atoms with Crippen LogP contribution in [0.3, 0.4) is 0 Å². The Morgan fingerprint density at radius 3 is 2.94 bits per heavy atom. The zero-order valence-corrected chi connectivity index (χ0v) is 10.2. The van der Waals surface area contributed by atoms with Crippen LogP contribution in [-0.4, -0.2) is 16.9 Å². The summed E-state index contributed by atoms with van der Waals surface area (Å²) in [5.41, 5.74) is 2.08. The average molecular weight is 244 g/mol. The molecule has 1 amide bonds. The van der Waals surface area contributed by atoms with Gasteiger partial charge in [-0.25, -0.2) is 4.98 Å². The largest absolute Gasteiger partial charge is 0.443 e. The molecule has 1 aromatic heterocycles. The van der Waals surface area contributed by atoms with E-state index in [1.807, 2.05) is 6.07 Å². The topological polar surface area (TPSA) is 55.1 Å². The first kappa shape index (κ1) is 11.3. The highest BCUT2D eigenvalue weighted by atomic mass is 16.3. The van der Waals surface area contributed by atoms with Gasteiger partial charge in [0, 0.05) is 11.6 Å². The lowest BCUT2D eigenvalue weighted by atomic mass is 9.95. The SMILES string of the molecule is O=C(NC1CCCCC1)c1ccc2ncoc2c1. The van der Waals surface area contributed by atoms with Crippen molar-refractivity contribution in [3.05, 3.63) is 30.2 Å². The Balaban J connectivity index is 1.74. The number of nitrogens with zero attached hydrogens (tertiary/aromatic N) is 1. The van der Waals surface area contributed by atoms with Crippen LogP contribution in [0.15, 0.2) is 29.0 Å². The molecule has 1 N–H and O–H groups in total. The minimum atomic E-state index is -0.0137. The van der Waals surface area contributed by atoms with Gasteiger partial charge < -0.3 is 9.73 Å². The summed E-state index contributed by atoms with van der Waals surface area (Å²) < 4.78 is 5.21. The van der Waals surface area contributed by atoms with Gasteiger partial charge in [-0.05, 0) is 31.0 Å². The molecule has 0 bridgehead atoms. The number of carbonyl (C=O) groups is 1. The molecule has 1 heterocycles. The van der Waals surface area contributed by atoms with Crippen molar-refractivity contribution in [1.82, 2.24) is 10.3 Å². The number of fused-ring (bicyclic) bond motifs is 1. The molecule has 0 spiro atoms. The van der Waals surface area contributed by atoms with Gasteiger partial charge >= 0.3 is 0 Å². The highest BCUT2D eigenvalue weighted by molar-refractivity contribution is 5.97. The van der Waals surface area contributed by atoms with Crippen LogP contribution in [0.5, 0.6) is 0 Å². The molecule has 1 aliphatic carbocycles. The molecule has 1 saturated carbocycles. The lowest BCUT2D eigenvalue weighted by Crippen LogP contribution is -2.36. The lowest BCUT2D eigenvalue weighted by Gasteiger charge is -2.22. The highest BCUT2D eigenvalue weighted by Crippen LogP contribution is 2.19. The fourth-order valence-electron chi connectivity index (χ4n) is 2.51. The van der Waals surface area contributed by atoms with E-state index in [9.17, 15) is 4.79 Å². The number of oxazole rings is 1. The van der Waals surface area contributed by atoms with Gasteiger partial charge in [-0.15, -0.1) is 0 Å². The fourth-order valence-corrected chi connectivity index (χ4v) is 2.51.